The first-order chi connectivity index (χ1) is 17.9. The van der Waals surface area contributed by atoms with Crippen LogP contribution in [0.2, 0.25) is 0 Å². The van der Waals surface area contributed by atoms with E-state index >= 15 is 0 Å². The van der Waals surface area contributed by atoms with Crippen LogP contribution < -0.4 is 15.5 Å². The monoisotopic (exact) mass is 526 g/mol. The van der Waals surface area contributed by atoms with Gasteiger partial charge in [-0.2, -0.15) is 18.3 Å². The summed E-state index contributed by atoms with van der Waals surface area (Å²) in [5, 5.41) is 3.82. The van der Waals surface area contributed by atoms with Crippen LogP contribution in [0.15, 0.2) is 65.1 Å². The molecule has 2 heterocycles. The standard InChI is InChI=1S/C27H29F3N6O2/c1-17-14-35(16-33-17)23-10-9-18(11-24(23)38-4)21(34-31)13-32-20-12-26(2,3)19-7-5-6-8-22(19)36(25(20)37)15-27(28,29)30/h5-11,13-14,16,20H,12,15,31H2,1-4H3. The van der Waals surface area contributed by atoms with E-state index in [2.05, 4.69) is 15.1 Å². The van der Waals surface area contributed by atoms with Crippen LogP contribution in [0.1, 0.15) is 37.1 Å². The Labute approximate surface area is 218 Å². The van der Waals surface area contributed by atoms with Crippen LogP contribution in [0.25, 0.3) is 5.69 Å². The number of benzene rings is 2. The molecular formula is C27H29F3N6O2. The number of alkyl halides is 3. The van der Waals surface area contributed by atoms with Crippen molar-refractivity contribution in [2.24, 2.45) is 15.9 Å². The molecule has 38 heavy (non-hydrogen) atoms. The van der Waals surface area contributed by atoms with Crippen molar-refractivity contribution in [1.82, 2.24) is 9.55 Å². The Morgan fingerprint density at radius 2 is 1.97 bits per heavy atom. The number of aliphatic imine (C=N–C) groups is 1. The maximum absolute atomic E-state index is 13.5. The molecule has 0 saturated heterocycles. The number of aryl methyl sites for hydroxylation is 1. The number of hydrazone groups is 1. The average molecular weight is 527 g/mol. The van der Waals surface area contributed by atoms with Crippen LogP contribution in [0.4, 0.5) is 18.9 Å². The van der Waals surface area contributed by atoms with Gasteiger partial charge in [-0.3, -0.25) is 9.79 Å². The van der Waals surface area contributed by atoms with Gasteiger partial charge in [0, 0.05) is 17.4 Å². The molecule has 11 heteroatoms. The van der Waals surface area contributed by atoms with Crippen molar-refractivity contribution in [3.63, 3.8) is 0 Å². The molecule has 4 rings (SSSR count). The van der Waals surface area contributed by atoms with Gasteiger partial charge in [0.25, 0.3) is 5.91 Å². The highest BCUT2D eigenvalue weighted by atomic mass is 19.4. The quantitative estimate of drug-likeness (QED) is 0.289. The number of aromatic nitrogens is 2. The number of ether oxygens (including phenoxy) is 1. The summed E-state index contributed by atoms with van der Waals surface area (Å²) in [4.78, 5) is 22.9. The normalized spacial score (nSPS) is 18.0. The lowest BCUT2D eigenvalue weighted by Gasteiger charge is -2.27. The van der Waals surface area contributed by atoms with Crippen molar-refractivity contribution < 1.29 is 22.7 Å². The molecule has 1 aromatic heterocycles. The van der Waals surface area contributed by atoms with Crippen molar-refractivity contribution >= 4 is 23.5 Å². The molecule has 0 aliphatic carbocycles. The van der Waals surface area contributed by atoms with Gasteiger partial charge in [0.05, 0.1) is 31.0 Å². The number of para-hydroxylation sites is 1. The van der Waals surface area contributed by atoms with Crippen molar-refractivity contribution in [2.45, 2.75) is 44.8 Å². The molecule has 0 bridgehead atoms. The zero-order valence-corrected chi connectivity index (χ0v) is 21.5. The van der Waals surface area contributed by atoms with Gasteiger partial charge >= 0.3 is 6.18 Å². The molecule has 0 saturated carbocycles. The first-order valence-electron chi connectivity index (χ1n) is 11.9. The zero-order chi connectivity index (χ0) is 27.7. The first kappa shape index (κ1) is 26.9. The highest BCUT2D eigenvalue weighted by Gasteiger charge is 2.43. The molecule has 2 N–H and O–H groups in total. The molecule has 1 atom stereocenters. The van der Waals surface area contributed by atoms with Crippen LogP contribution in [0, 0.1) is 6.92 Å². The number of fused-ring (bicyclic) bond motifs is 1. The van der Waals surface area contributed by atoms with Crippen molar-refractivity contribution in [2.75, 3.05) is 18.6 Å². The van der Waals surface area contributed by atoms with Crippen LogP contribution in [-0.2, 0) is 10.2 Å². The number of amides is 1. The van der Waals surface area contributed by atoms with Gasteiger partial charge in [-0.15, -0.1) is 0 Å². The summed E-state index contributed by atoms with van der Waals surface area (Å²) in [6.07, 6.45) is 0.461. The highest BCUT2D eigenvalue weighted by molar-refractivity contribution is 6.38. The van der Waals surface area contributed by atoms with Crippen LogP contribution in [-0.4, -0.2) is 53.3 Å². The Kier molecular flexibility index (Phi) is 7.30. The number of nitrogens with two attached hydrogens (primary N) is 1. The number of methoxy groups -OCH3 is 1. The fraction of sp³-hybridized carbons (Fsp3) is 0.333. The number of carbonyl (C=O) groups is 1. The maximum atomic E-state index is 13.5. The van der Waals surface area contributed by atoms with Crippen LogP contribution in [0.3, 0.4) is 0 Å². The number of halogens is 3. The summed E-state index contributed by atoms with van der Waals surface area (Å²) < 4.78 is 47.8. The Morgan fingerprint density at radius 1 is 1.24 bits per heavy atom. The number of carbonyl (C=O) groups excluding carboxylic acids is 1. The third-order valence-electron chi connectivity index (χ3n) is 6.50. The van der Waals surface area contributed by atoms with Crippen molar-refractivity contribution in [3.8, 4) is 11.4 Å². The molecule has 1 aliphatic rings. The van der Waals surface area contributed by atoms with E-state index in [1.54, 1.807) is 42.7 Å². The molecule has 0 fully saturated rings. The van der Waals surface area contributed by atoms with E-state index in [4.69, 9.17) is 10.6 Å². The lowest BCUT2D eigenvalue weighted by molar-refractivity contribution is -0.133. The summed E-state index contributed by atoms with van der Waals surface area (Å²) >= 11 is 0. The second kappa shape index (κ2) is 10.3. The summed E-state index contributed by atoms with van der Waals surface area (Å²) in [7, 11) is 1.53. The lowest BCUT2D eigenvalue weighted by atomic mass is 9.79. The molecule has 1 unspecified atom stereocenters. The Morgan fingerprint density at radius 3 is 2.61 bits per heavy atom. The minimum Gasteiger partial charge on any atom is -0.495 e. The van der Waals surface area contributed by atoms with E-state index in [9.17, 15) is 18.0 Å². The highest BCUT2D eigenvalue weighted by Crippen LogP contribution is 2.41. The van der Waals surface area contributed by atoms with E-state index in [-0.39, 0.29) is 17.8 Å². The predicted molar refractivity (Wildman–Crippen MR) is 140 cm³/mol. The number of hydrogen-bond acceptors (Lipinski definition) is 6. The zero-order valence-electron chi connectivity index (χ0n) is 21.5. The second-order valence-corrected chi connectivity index (χ2v) is 9.76. The summed E-state index contributed by atoms with van der Waals surface area (Å²) in [6.45, 7) is 4.24. The van der Waals surface area contributed by atoms with Gasteiger partial charge in [-0.1, -0.05) is 38.1 Å². The minimum absolute atomic E-state index is 0.202. The topological polar surface area (TPSA) is 98.1 Å². The molecule has 8 nitrogen and oxygen atoms in total. The number of imidazole rings is 1. The molecular weight excluding hydrogens is 497 g/mol. The minimum atomic E-state index is -4.58. The van der Waals surface area contributed by atoms with E-state index in [1.165, 1.54) is 19.4 Å². The van der Waals surface area contributed by atoms with Gasteiger partial charge in [-0.05, 0) is 42.5 Å². The van der Waals surface area contributed by atoms with E-state index in [0.29, 0.717) is 16.9 Å². The molecule has 0 radical (unpaired) electrons. The third-order valence-corrected chi connectivity index (χ3v) is 6.50. The Bertz CT molecular complexity index is 1390. The second-order valence-electron chi connectivity index (χ2n) is 9.76. The lowest BCUT2D eigenvalue weighted by Crippen LogP contribution is -2.43. The summed E-state index contributed by atoms with van der Waals surface area (Å²) in [5.41, 5.74) is 2.65. The fourth-order valence-corrected chi connectivity index (χ4v) is 4.67. The molecule has 2 aromatic carbocycles. The number of rotatable bonds is 6. The van der Waals surface area contributed by atoms with Gasteiger partial charge in [0.1, 0.15) is 24.0 Å². The van der Waals surface area contributed by atoms with E-state index < -0.39 is 30.1 Å². The van der Waals surface area contributed by atoms with Crippen LogP contribution in [0.5, 0.6) is 5.75 Å². The Hall–Kier alpha value is -4.15. The number of hydrogen-bond donors (Lipinski definition) is 1. The first-order valence-corrected chi connectivity index (χ1v) is 11.9. The largest absolute Gasteiger partial charge is 0.495 e. The Balaban J connectivity index is 1.68. The van der Waals surface area contributed by atoms with Crippen LogP contribution >= 0.6 is 0 Å². The fourth-order valence-electron chi connectivity index (χ4n) is 4.67. The maximum Gasteiger partial charge on any atom is 0.406 e. The van der Waals surface area contributed by atoms with Crippen molar-refractivity contribution in [1.29, 1.82) is 0 Å². The summed E-state index contributed by atoms with van der Waals surface area (Å²) in [6, 6.07) is 10.9. The predicted octanol–water partition coefficient (Wildman–Crippen LogP) is 4.57. The SMILES string of the molecule is COc1cc(C(C=NC2CC(C)(C)c3ccccc3N(CC(F)(F)F)C2=O)=NN)ccc1-n1cnc(C)c1. The summed E-state index contributed by atoms with van der Waals surface area (Å²) in [5.74, 6) is 5.44. The average Bonchev–Trinajstić information content (AvgIpc) is 3.29. The van der Waals surface area contributed by atoms with Gasteiger partial charge in [0.15, 0.2) is 0 Å². The molecule has 1 amide bonds. The molecule has 3 aromatic rings. The van der Waals surface area contributed by atoms with Gasteiger partial charge in [-0.25, -0.2) is 4.98 Å². The molecule has 0 spiro atoms. The molecule has 200 valence electrons. The third kappa shape index (κ3) is 5.56. The molecule has 1 aliphatic heterocycles. The number of nitrogens with zero attached hydrogens (tertiary/aromatic N) is 5. The van der Waals surface area contributed by atoms with Gasteiger partial charge in [0.2, 0.25) is 0 Å². The van der Waals surface area contributed by atoms with E-state index in [0.717, 1.165) is 16.3 Å². The van der Waals surface area contributed by atoms with Gasteiger partial charge < -0.3 is 20.0 Å². The van der Waals surface area contributed by atoms with Crippen molar-refractivity contribution in [3.05, 3.63) is 71.8 Å². The number of anilines is 1. The van der Waals surface area contributed by atoms with E-state index in [1.807, 2.05) is 31.5 Å². The smallest absolute Gasteiger partial charge is 0.406 e.